The monoisotopic (exact) mass is 618 g/mol. The van der Waals surface area contributed by atoms with Gasteiger partial charge >= 0.3 is 17.9 Å². The summed E-state index contributed by atoms with van der Waals surface area (Å²) in [4.78, 5) is 35.7. The van der Waals surface area contributed by atoms with Crippen LogP contribution in [0.1, 0.15) is 92.4 Å². The standard InChI is InChI=1S/C34H50O10/c1-18-28(42-19(2)35)29(39-6)30(43-20(3)36)31(41-18)44-23-9-12-32(4)22(16-23)7-8-26-25(32)10-13-33(5)24(11-14-34(26,33)38)21-15-27(37)40-17-21/h15,18,22-26,28-31,38H,7-14,16-17H2,1-6H3. The van der Waals surface area contributed by atoms with Gasteiger partial charge in [-0.05, 0) is 99.4 Å². The minimum atomic E-state index is -0.877. The lowest BCUT2D eigenvalue weighted by Gasteiger charge is -2.64. The summed E-state index contributed by atoms with van der Waals surface area (Å²) >= 11 is 0. The van der Waals surface area contributed by atoms with Crippen LogP contribution in [0, 0.1) is 34.5 Å². The van der Waals surface area contributed by atoms with Crippen LogP contribution in [0.25, 0.3) is 0 Å². The highest BCUT2D eigenvalue weighted by atomic mass is 16.7. The number of ether oxygens (including phenoxy) is 6. The summed E-state index contributed by atoms with van der Waals surface area (Å²) < 4.78 is 34.9. The molecule has 0 bridgehead atoms. The molecule has 0 amide bonds. The molecule has 0 spiro atoms. The lowest BCUT2D eigenvalue weighted by molar-refractivity contribution is -0.317. The number of rotatable bonds is 6. The van der Waals surface area contributed by atoms with Gasteiger partial charge in [-0.3, -0.25) is 9.59 Å². The van der Waals surface area contributed by atoms with Gasteiger partial charge in [-0.15, -0.1) is 0 Å². The third-order valence-electron chi connectivity index (χ3n) is 12.9. The van der Waals surface area contributed by atoms with Crippen LogP contribution in [0.4, 0.5) is 0 Å². The Kier molecular flexibility index (Phi) is 8.46. The fraction of sp³-hybridized carbons (Fsp3) is 0.853. The second kappa shape index (κ2) is 11.7. The number of fused-ring (bicyclic) bond motifs is 5. The van der Waals surface area contributed by atoms with Gasteiger partial charge in [0.25, 0.3) is 0 Å². The molecule has 44 heavy (non-hydrogen) atoms. The van der Waals surface area contributed by atoms with E-state index >= 15 is 0 Å². The van der Waals surface area contributed by atoms with E-state index < -0.39 is 48.2 Å². The van der Waals surface area contributed by atoms with Crippen LogP contribution in [0.15, 0.2) is 11.6 Å². The molecular formula is C34H50O10. The molecule has 246 valence electrons. The summed E-state index contributed by atoms with van der Waals surface area (Å²) in [6.45, 7) is 9.52. The highest BCUT2D eigenvalue weighted by molar-refractivity contribution is 5.85. The minimum absolute atomic E-state index is 0.0812. The Morgan fingerprint density at radius 1 is 0.932 bits per heavy atom. The Bertz CT molecular complexity index is 1180. The van der Waals surface area contributed by atoms with E-state index in [0.717, 1.165) is 63.4 Å². The molecule has 13 unspecified atom stereocenters. The lowest BCUT2D eigenvalue weighted by atomic mass is 9.43. The van der Waals surface area contributed by atoms with Crippen molar-refractivity contribution < 1.29 is 47.9 Å². The quantitative estimate of drug-likeness (QED) is 0.262. The maximum Gasteiger partial charge on any atom is 0.331 e. The summed E-state index contributed by atoms with van der Waals surface area (Å²) in [7, 11) is 1.50. The Balaban J connectivity index is 1.16. The Labute approximate surface area is 260 Å². The maximum absolute atomic E-state index is 12.5. The minimum Gasteiger partial charge on any atom is -0.458 e. The van der Waals surface area contributed by atoms with Crippen molar-refractivity contribution in [3.05, 3.63) is 11.6 Å². The van der Waals surface area contributed by atoms with E-state index in [-0.39, 0.29) is 34.7 Å². The van der Waals surface area contributed by atoms with Gasteiger partial charge < -0.3 is 33.5 Å². The first kappa shape index (κ1) is 32.0. The highest BCUT2D eigenvalue weighted by Crippen LogP contribution is 2.70. The molecule has 6 rings (SSSR count). The first-order valence-corrected chi connectivity index (χ1v) is 16.6. The third kappa shape index (κ3) is 5.12. The van der Waals surface area contributed by atoms with Crippen molar-refractivity contribution in [2.45, 2.75) is 135 Å². The number of methoxy groups -OCH3 is 1. The second-order valence-electron chi connectivity index (χ2n) is 14.9. The van der Waals surface area contributed by atoms with Crippen molar-refractivity contribution in [1.82, 2.24) is 0 Å². The van der Waals surface area contributed by atoms with Crippen LogP contribution in [-0.4, -0.2) is 79.1 Å². The largest absolute Gasteiger partial charge is 0.458 e. The molecule has 0 radical (unpaired) electrons. The third-order valence-corrected chi connectivity index (χ3v) is 12.9. The van der Waals surface area contributed by atoms with Crippen molar-refractivity contribution >= 4 is 17.9 Å². The molecule has 2 aliphatic heterocycles. The summed E-state index contributed by atoms with van der Waals surface area (Å²) in [5.41, 5.74) is 0.159. The molecule has 2 heterocycles. The number of cyclic esters (lactones) is 1. The van der Waals surface area contributed by atoms with Crippen LogP contribution in [-0.2, 0) is 42.8 Å². The van der Waals surface area contributed by atoms with Crippen molar-refractivity contribution in [2.24, 2.45) is 34.5 Å². The van der Waals surface area contributed by atoms with Gasteiger partial charge in [0.05, 0.1) is 17.8 Å². The van der Waals surface area contributed by atoms with Crippen molar-refractivity contribution in [1.29, 1.82) is 0 Å². The number of esters is 3. The van der Waals surface area contributed by atoms with E-state index in [4.69, 9.17) is 28.4 Å². The first-order chi connectivity index (χ1) is 20.8. The highest BCUT2D eigenvalue weighted by Gasteiger charge is 2.68. The van der Waals surface area contributed by atoms with Crippen molar-refractivity contribution in [3.63, 3.8) is 0 Å². The van der Waals surface area contributed by atoms with Gasteiger partial charge in [0.2, 0.25) is 0 Å². The predicted molar refractivity (Wildman–Crippen MR) is 157 cm³/mol. The van der Waals surface area contributed by atoms with Gasteiger partial charge in [0, 0.05) is 32.4 Å². The molecule has 5 fully saturated rings. The van der Waals surface area contributed by atoms with Crippen LogP contribution in [0.3, 0.4) is 0 Å². The van der Waals surface area contributed by atoms with E-state index in [2.05, 4.69) is 13.8 Å². The van der Waals surface area contributed by atoms with Crippen molar-refractivity contribution in [3.8, 4) is 0 Å². The Morgan fingerprint density at radius 3 is 2.32 bits per heavy atom. The van der Waals surface area contributed by atoms with Gasteiger partial charge in [0.15, 0.2) is 18.5 Å². The van der Waals surface area contributed by atoms with E-state index in [1.807, 2.05) is 6.92 Å². The predicted octanol–water partition coefficient (Wildman–Crippen LogP) is 4.25. The average molecular weight is 619 g/mol. The SMILES string of the molecule is COC1C(OC(C)=O)C(C)OC(OC2CCC3(C)C(CCC4C3CCC3(C)C(C5=CC(=O)OC5)CCC43O)C2)C1OC(C)=O. The molecule has 0 aromatic heterocycles. The van der Waals surface area contributed by atoms with Gasteiger partial charge in [-0.2, -0.15) is 0 Å². The topological polar surface area (TPSA) is 127 Å². The van der Waals surface area contributed by atoms with Gasteiger partial charge in [-0.1, -0.05) is 13.8 Å². The fourth-order valence-electron chi connectivity index (χ4n) is 10.7. The molecule has 10 heteroatoms. The van der Waals surface area contributed by atoms with E-state index in [1.54, 1.807) is 6.08 Å². The molecule has 0 aromatic rings. The van der Waals surface area contributed by atoms with Gasteiger partial charge in [0.1, 0.15) is 12.7 Å². The Hall–Kier alpha value is -2.01. The smallest absolute Gasteiger partial charge is 0.331 e. The summed E-state index contributed by atoms with van der Waals surface area (Å²) in [6.07, 6.45) is 6.29. The number of carbonyl (C=O) groups is 3. The molecule has 4 saturated carbocycles. The van der Waals surface area contributed by atoms with Crippen LogP contribution in [0.2, 0.25) is 0 Å². The first-order valence-electron chi connectivity index (χ1n) is 16.6. The number of aliphatic hydroxyl groups is 1. The molecule has 4 aliphatic carbocycles. The lowest BCUT2D eigenvalue weighted by Crippen LogP contribution is -2.63. The summed E-state index contributed by atoms with van der Waals surface area (Å²) in [5.74, 6) is 0.0897. The second-order valence-corrected chi connectivity index (χ2v) is 14.9. The molecule has 13 atom stereocenters. The number of hydrogen-bond donors (Lipinski definition) is 1. The zero-order valence-electron chi connectivity index (χ0n) is 27.0. The normalized spacial score (nSPS) is 48.3. The molecule has 1 saturated heterocycles. The average Bonchev–Trinajstić information content (AvgIpc) is 3.50. The van der Waals surface area contributed by atoms with E-state index in [9.17, 15) is 19.5 Å². The summed E-state index contributed by atoms with van der Waals surface area (Å²) in [6, 6.07) is 0. The van der Waals surface area contributed by atoms with Crippen LogP contribution in [0.5, 0.6) is 0 Å². The zero-order valence-corrected chi connectivity index (χ0v) is 27.0. The van der Waals surface area contributed by atoms with E-state index in [1.165, 1.54) is 21.0 Å². The Morgan fingerprint density at radius 2 is 1.66 bits per heavy atom. The molecule has 10 nitrogen and oxygen atoms in total. The molecule has 1 N–H and O–H groups in total. The number of hydrogen-bond acceptors (Lipinski definition) is 10. The zero-order chi connectivity index (χ0) is 31.6. The fourth-order valence-corrected chi connectivity index (χ4v) is 10.7. The molecule has 6 aliphatic rings. The van der Waals surface area contributed by atoms with Crippen molar-refractivity contribution in [2.75, 3.05) is 13.7 Å². The van der Waals surface area contributed by atoms with Crippen LogP contribution >= 0.6 is 0 Å². The van der Waals surface area contributed by atoms with Crippen LogP contribution < -0.4 is 0 Å². The van der Waals surface area contributed by atoms with E-state index in [0.29, 0.717) is 18.4 Å². The summed E-state index contributed by atoms with van der Waals surface area (Å²) in [5, 5.41) is 12.5. The maximum atomic E-state index is 12.5. The number of carbonyl (C=O) groups excluding carboxylic acids is 3. The van der Waals surface area contributed by atoms with Gasteiger partial charge in [-0.25, -0.2) is 4.79 Å². The molecule has 0 aromatic carbocycles. The molecular weight excluding hydrogens is 568 g/mol.